The molecule has 0 aromatic rings. The molecule has 13 heavy (non-hydrogen) atoms. The normalized spacial score (nSPS) is 27.6. The van der Waals surface area contributed by atoms with Crippen LogP contribution >= 0.6 is 0 Å². The molecule has 2 N–H and O–H groups in total. The number of carbonyl (C=O) groups is 1. The van der Waals surface area contributed by atoms with Crippen LogP contribution in [0.4, 0.5) is 13.2 Å². The van der Waals surface area contributed by atoms with Crippen molar-refractivity contribution in [2.75, 3.05) is 0 Å². The molecule has 0 saturated heterocycles. The molecule has 0 saturated carbocycles. The van der Waals surface area contributed by atoms with Crippen LogP contribution in [0.15, 0.2) is 24.3 Å². The van der Waals surface area contributed by atoms with Crippen LogP contribution in [0, 0.1) is 5.41 Å². The molecule has 0 fully saturated rings. The van der Waals surface area contributed by atoms with E-state index in [4.69, 9.17) is 5.73 Å². The lowest BCUT2D eigenvalue weighted by molar-refractivity contribution is -0.204. The number of amides is 1. The number of carbonyl (C=O) groups excluding carboxylic acids is 1. The van der Waals surface area contributed by atoms with Gasteiger partial charge in [0.25, 0.3) is 0 Å². The van der Waals surface area contributed by atoms with Crippen LogP contribution in [0.2, 0.25) is 0 Å². The van der Waals surface area contributed by atoms with Gasteiger partial charge in [-0.3, -0.25) is 4.79 Å². The van der Waals surface area contributed by atoms with Crippen molar-refractivity contribution in [3.8, 4) is 0 Å². The maximum absolute atomic E-state index is 12.5. The molecule has 2 nitrogen and oxygen atoms in total. The number of nitrogens with two attached hydrogens (primary N) is 1. The van der Waals surface area contributed by atoms with Crippen molar-refractivity contribution in [1.82, 2.24) is 0 Å². The second kappa shape index (κ2) is 2.90. The van der Waals surface area contributed by atoms with Gasteiger partial charge in [-0.25, -0.2) is 0 Å². The molecule has 72 valence electrons. The van der Waals surface area contributed by atoms with Gasteiger partial charge >= 0.3 is 6.18 Å². The minimum Gasteiger partial charge on any atom is -0.369 e. The molecule has 1 unspecified atom stereocenters. The second-order valence-electron chi connectivity index (χ2n) is 2.82. The number of allylic oxidation sites excluding steroid dienone is 3. The zero-order chi connectivity index (χ0) is 10.1. The average Bonchev–Trinajstić information content (AvgIpc) is 2.03. The van der Waals surface area contributed by atoms with Crippen molar-refractivity contribution in [2.24, 2.45) is 11.1 Å². The fraction of sp³-hybridized carbons (Fsp3) is 0.375. The lowest BCUT2D eigenvalue weighted by Gasteiger charge is -2.29. The van der Waals surface area contributed by atoms with E-state index in [-0.39, 0.29) is 0 Å². The highest BCUT2D eigenvalue weighted by Crippen LogP contribution is 2.43. The number of hydrogen-bond acceptors (Lipinski definition) is 1. The van der Waals surface area contributed by atoms with Gasteiger partial charge in [-0.2, -0.15) is 13.2 Å². The van der Waals surface area contributed by atoms with E-state index in [0.717, 1.165) is 6.08 Å². The fourth-order valence-corrected chi connectivity index (χ4v) is 1.15. The van der Waals surface area contributed by atoms with E-state index < -0.39 is 23.9 Å². The zero-order valence-electron chi connectivity index (χ0n) is 6.64. The van der Waals surface area contributed by atoms with Gasteiger partial charge in [0.1, 0.15) is 0 Å². The summed E-state index contributed by atoms with van der Waals surface area (Å²) in [5.74, 6) is -1.36. The molecule has 0 aromatic carbocycles. The van der Waals surface area contributed by atoms with Crippen molar-refractivity contribution in [3.63, 3.8) is 0 Å². The van der Waals surface area contributed by atoms with Gasteiger partial charge in [0, 0.05) is 0 Å². The molecule has 0 aromatic heterocycles. The third-order valence-electron chi connectivity index (χ3n) is 2.01. The molecule has 0 radical (unpaired) electrons. The second-order valence-corrected chi connectivity index (χ2v) is 2.82. The molecule has 1 rings (SSSR count). The van der Waals surface area contributed by atoms with E-state index in [1.54, 1.807) is 0 Å². The van der Waals surface area contributed by atoms with Crippen molar-refractivity contribution in [2.45, 2.75) is 12.6 Å². The number of primary amides is 1. The minimum atomic E-state index is -4.62. The number of rotatable bonds is 1. The Morgan fingerprint density at radius 2 is 2.00 bits per heavy atom. The van der Waals surface area contributed by atoms with Gasteiger partial charge < -0.3 is 5.73 Å². The first kappa shape index (κ1) is 9.83. The third-order valence-corrected chi connectivity index (χ3v) is 2.01. The molecular weight excluding hydrogens is 183 g/mol. The maximum Gasteiger partial charge on any atom is 0.406 e. The largest absolute Gasteiger partial charge is 0.406 e. The maximum atomic E-state index is 12.5. The summed E-state index contributed by atoms with van der Waals surface area (Å²) in [6.07, 6.45) is -0.329. The van der Waals surface area contributed by atoms with Gasteiger partial charge in [-0.15, -0.1) is 0 Å². The SMILES string of the molecule is NC(=O)C1(C(F)(F)F)C=CC=CC1. The Labute approximate surface area is 72.9 Å². The molecule has 0 spiro atoms. The predicted molar refractivity (Wildman–Crippen MR) is 40.6 cm³/mol. The van der Waals surface area contributed by atoms with Crippen molar-refractivity contribution in [1.29, 1.82) is 0 Å². The summed E-state index contributed by atoms with van der Waals surface area (Å²) in [6, 6.07) is 0. The van der Waals surface area contributed by atoms with E-state index in [2.05, 4.69) is 0 Å². The lowest BCUT2D eigenvalue weighted by Crippen LogP contribution is -2.47. The van der Waals surface area contributed by atoms with Crippen LogP contribution in [-0.4, -0.2) is 12.1 Å². The van der Waals surface area contributed by atoms with Gasteiger partial charge in [-0.05, 0) is 6.42 Å². The van der Waals surface area contributed by atoms with E-state index >= 15 is 0 Å². The fourth-order valence-electron chi connectivity index (χ4n) is 1.15. The standard InChI is InChI=1S/C8H8F3NO/c9-8(10,11)7(6(12)13)4-2-1-3-5-7/h1-4H,5H2,(H2,12,13). The topological polar surface area (TPSA) is 43.1 Å². The van der Waals surface area contributed by atoms with Crippen LogP contribution in [0.5, 0.6) is 0 Å². The van der Waals surface area contributed by atoms with Crippen LogP contribution in [0.1, 0.15) is 6.42 Å². The van der Waals surface area contributed by atoms with E-state index in [0.29, 0.717) is 0 Å². The van der Waals surface area contributed by atoms with Gasteiger partial charge in [0.05, 0.1) is 0 Å². The van der Waals surface area contributed by atoms with Crippen LogP contribution in [0.25, 0.3) is 0 Å². The Hall–Kier alpha value is -1.26. The third kappa shape index (κ3) is 1.46. The summed E-state index contributed by atoms with van der Waals surface area (Å²) >= 11 is 0. The first-order valence-electron chi connectivity index (χ1n) is 3.61. The lowest BCUT2D eigenvalue weighted by atomic mass is 9.80. The Morgan fingerprint density at radius 3 is 2.23 bits per heavy atom. The molecule has 5 heteroatoms. The van der Waals surface area contributed by atoms with E-state index in [1.165, 1.54) is 18.2 Å². The molecule has 1 amide bonds. The molecule has 0 aliphatic heterocycles. The highest BCUT2D eigenvalue weighted by Gasteiger charge is 2.57. The molecule has 1 aliphatic rings. The minimum absolute atomic E-state index is 0.414. The summed E-state index contributed by atoms with van der Waals surface area (Å²) in [5, 5.41) is 0. The monoisotopic (exact) mass is 191 g/mol. The first-order valence-corrected chi connectivity index (χ1v) is 3.61. The van der Waals surface area contributed by atoms with Gasteiger partial charge in [-0.1, -0.05) is 24.3 Å². The van der Waals surface area contributed by atoms with Crippen LogP contribution < -0.4 is 5.73 Å². The molecule has 0 bridgehead atoms. The van der Waals surface area contributed by atoms with Crippen molar-refractivity contribution in [3.05, 3.63) is 24.3 Å². The molecule has 1 atom stereocenters. The summed E-state index contributed by atoms with van der Waals surface area (Å²) in [6.45, 7) is 0. The number of hydrogen-bond donors (Lipinski definition) is 1. The molecule has 0 heterocycles. The summed E-state index contributed by atoms with van der Waals surface area (Å²) in [5.41, 5.74) is 2.23. The zero-order valence-corrected chi connectivity index (χ0v) is 6.64. The van der Waals surface area contributed by atoms with E-state index in [9.17, 15) is 18.0 Å². The highest BCUT2D eigenvalue weighted by molar-refractivity contribution is 5.84. The van der Waals surface area contributed by atoms with Crippen LogP contribution in [0.3, 0.4) is 0 Å². The quantitative estimate of drug-likeness (QED) is 0.671. The molecule has 1 aliphatic carbocycles. The average molecular weight is 191 g/mol. The highest BCUT2D eigenvalue weighted by atomic mass is 19.4. The summed E-state index contributed by atoms with van der Waals surface area (Å²) < 4.78 is 37.4. The Kier molecular flexibility index (Phi) is 2.19. The van der Waals surface area contributed by atoms with Crippen molar-refractivity contribution >= 4 is 5.91 Å². The Morgan fingerprint density at radius 1 is 1.38 bits per heavy atom. The Bertz CT molecular complexity index is 280. The van der Waals surface area contributed by atoms with E-state index in [1.807, 2.05) is 0 Å². The summed E-state index contributed by atoms with van der Waals surface area (Å²) in [4.78, 5) is 10.7. The Balaban J connectivity index is 3.10. The smallest absolute Gasteiger partial charge is 0.369 e. The number of halogens is 3. The van der Waals surface area contributed by atoms with Crippen LogP contribution in [-0.2, 0) is 4.79 Å². The first-order chi connectivity index (χ1) is 5.90. The molecular formula is C8H8F3NO. The predicted octanol–water partition coefficient (Wildman–Crippen LogP) is 1.54. The van der Waals surface area contributed by atoms with Gasteiger partial charge in [0.15, 0.2) is 5.41 Å². The van der Waals surface area contributed by atoms with Crippen molar-refractivity contribution < 1.29 is 18.0 Å². The van der Waals surface area contributed by atoms with Gasteiger partial charge in [0.2, 0.25) is 5.91 Å². The number of alkyl halides is 3. The summed E-state index contributed by atoms with van der Waals surface area (Å²) in [7, 11) is 0.